The molecular formula is C13H19N3O5S3. The molecule has 1 atom stereocenters. The number of amides is 1. The van der Waals surface area contributed by atoms with Crippen LogP contribution in [0.25, 0.3) is 0 Å². The number of rotatable bonds is 4. The predicted octanol–water partition coefficient (Wildman–Crippen LogP) is -0.331. The largest absolute Gasteiger partial charge is 0.356 e. The first-order chi connectivity index (χ1) is 11.3. The van der Waals surface area contributed by atoms with Gasteiger partial charge >= 0.3 is 0 Å². The lowest BCUT2D eigenvalue weighted by Gasteiger charge is -2.24. The smallest absolute Gasteiger partial charge is 0.267 e. The van der Waals surface area contributed by atoms with Gasteiger partial charge in [-0.2, -0.15) is 16.1 Å². The molecule has 0 aromatic carbocycles. The molecule has 134 valence electrons. The maximum atomic E-state index is 12.5. The number of thioether (sulfide) groups is 1. The van der Waals surface area contributed by atoms with Crippen molar-refractivity contribution < 1.29 is 21.6 Å². The minimum atomic E-state index is -3.61. The lowest BCUT2D eigenvalue weighted by molar-refractivity contribution is 0.0936. The van der Waals surface area contributed by atoms with Crippen molar-refractivity contribution in [3.8, 4) is 0 Å². The van der Waals surface area contributed by atoms with E-state index in [1.54, 1.807) is 11.8 Å². The number of aromatic nitrogens is 1. The van der Waals surface area contributed by atoms with E-state index in [1.807, 2.05) is 0 Å². The van der Waals surface area contributed by atoms with Crippen molar-refractivity contribution in [3.63, 3.8) is 0 Å². The minimum Gasteiger partial charge on any atom is -0.356 e. The number of nitrogens with one attached hydrogen (secondary N) is 2. The van der Waals surface area contributed by atoms with E-state index < -0.39 is 31.8 Å². The van der Waals surface area contributed by atoms with Crippen LogP contribution in [0.1, 0.15) is 16.9 Å². The van der Waals surface area contributed by atoms with Crippen molar-refractivity contribution in [1.82, 2.24) is 14.6 Å². The van der Waals surface area contributed by atoms with Gasteiger partial charge < -0.3 is 10.3 Å². The van der Waals surface area contributed by atoms with Crippen LogP contribution in [0.2, 0.25) is 0 Å². The molecule has 2 aliphatic heterocycles. The first-order valence-corrected chi connectivity index (χ1v) is 12.0. The molecule has 3 rings (SSSR count). The van der Waals surface area contributed by atoms with Crippen molar-refractivity contribution in [2.45, 2.75) is 17.4 Å². The second-order valence-electron chi connectivity index (χ2n) is 5.84. The van der Waals surface area contributed by atoms with Crippen molar-refractivity contribution >= 4 is 37.5 Å². The normalized spacial score (nSPS) is 24.8. The molecule has 2 aliphatic rings. The number of nitrogens with zero attached hydrogens (tertiary/aromatic N) is 1. The first kappa shape index (κ1) is 17.8. The highest BCUT2D eigenvalue weighted by molar-refractivity contribution is 7.99. The Hall–Kier alpha value is -1.04. The molecule has 1 amide bonds. The molecule has 0 saturated carbocycles. The number of sulfonamides is 1. The Morgan fingerprint density at radius 2 is 2.04 bits per heavy atom. The SMILES string of the molecule is O=C(NC1CCS(=O)(=O)C1)c1cc(S(=O)(=O)N2CCSCC2)c[nH]1. The van der Waals surface area contributed by atoms with Crippen molar-refractivity contribution in [2.24, 2.45) is 0 Å². The fourth-order valence-corrected chi connectivity index (χ4v) is 7.01. The molecule has 3 heterocycles. The van der Waals surface area contributed by atoms with Crippen LogP contribution in [0, 0.1) is 0 Å². The van der Waals surface area contributed by atoms with Crippen LogP contribution in [0.4, 0.5) is 0 Å². The number of hydrogen-bond donors (Lipinski definition) is 2. The van der Waals surface area contributed by atoms with Crippen LogP contribution >= 0.6 is 11.8 Å². The molecule has 2 N–H and O–H groups in total. The highest BCUT2D eigenvalue weighted by Crippen LogP contribution is 2.21. The summed E-state index contributed by atoms with van der Waals surface area (Å²) in [7, 11) is -6.69. The summed E-state index contributed by atoms with van der Waals surface area (Å²) in [4.78, 5) is 14.9. The molecule has 0 aliphatic carbocycles. The number of H-pyrrole nitrogens is 1. The quantitative estimate of drug-likeness (QED) is 0.723. The highest BCUT2D eigenvalue weighted by atomic mass is 32.2. The third kappa shape index (κ3) is 3.79. The molecule has 2 saturated heterocycles. The standard InChI is InChI=1S/C13H19N3O5S3/c17-13(15-10-1-6-23(18,19)9-10)12-7-11(8-14-12)24(20,21)16-2-4-22-5-3-16/h7-8,10,14H,1-6,9H2,(H,15,17). The van der Waals surface area contributed by atoms with Gasteiger partial charge in [-0.05, 0) is 12.5 Å². The summed E-state index contributed by atoms with van der Waals surface area (Å²) in [5.74, 6) is 1.01. The van der Waals surface area contributed by atoms with E-state index in [4.69, 9.17) is 0 Å². The summed E-state index contributed by atoms with van der Waals surface area (Å²) in [5, 5.41) is 2.63. The first-order valence-electron chi connectivity index (χ1n) is 7.55. The average Bonchev–Trinajstić information content (AvgIpc) is 3.15. The van der Waals surface area contributed by atoms with Gasteiger partial charge in [0.15, 0.2) is 9.84 Å². The molecule has 2 fully saturated rings. The zero-order valence-electron chi connectivity index (χ0n) is 12.9. The van der Waals surface area contributed by atoms with Crippen LogP contribution in [-0.4, -0.2) is 74.2 Å². The number of aromatic amines is 1. The third-order valence-electron chi connectivity index (χ3n) is 4.08. The Kier molecular flexibility index (Phi) is 4.96. The zero-order chi connectivity index (χ0) is 17.4. The van der Waals surface area contributed by atoms with Gasteiger partial charge in [0.1, 0.15) is 10.6 Å². The molecule has 1 aromatic heterocycles. The molecule has 0 radical (unpaired) electrons. The van der Waals surface area contributed by atoms with Gasteiger partial charge in [0.25, 0.3) is 5.91 Å². The molecule has 0 bridgehead atoms. The van der Waals surface area contributed by atoms with E-state index in [1.165, 1.54) is 16.6 Å². The molecule has 1 aromatic rings. The van der Waals surface area contributed by atoms with Gasteiger partial charge in [-0.15, -0.1) is 0 Å². The fourth-order valence-electron chi connectivity index (χ4n) is 2.76. The van der Waals surface area contributed by atoms with Crippen LogP contribution in [0.3, 0.4) is 0 Å². The van der Waals surface area contributed by atoms with Crippen LogP contribution in [0.15, 0.2) is 17.2 Å². The lowest BCUT2D eigenvalue weighted by atomic mass is 10.2. The molecule has 8 nitrogen and oxygen atoms in total. The van der Waals surface area contributed by atoms with Gasteiger partial charge in [0, 0.05) is 36.8 Å². The number of hydrogen-bond acceptors (Lipinski definition) is 6. The molecule has 24 heavy (non-hydrogen) atoms. The Bertz CT molecular complexity index is 825. The highest BCUT2D eigenvalue weighted by Gasteiger charge is 2.31. The van der Waals surface area contributed by atoms with Crippen molar-refractivity contribution in [3.05, 3.63) is 18.0 Å². The molecule has 11 heteroatoms. The van der Waals surface area contributed by atoms with Gasteiger partial charge in [0.05, 0.1) is 11.5 Å². The van der Waals surface area contributed by atoms with E-state index in [9.17, 15) is 21.6 Å². The summed E-state index contributed by atoms with van der Waals surface area (Å²) >= 11 is 1.71. The minimum absolute atomic E-state index is 0.0543. The maximum Gasteiger partial charge on any atom is 0.267 e. The van der Waals surface area contributed by atoms with Gasteiger partial charge in [-0.3, -0.25) is 4.79 Å². The zero-order valence-corrected chi connectivity index (χ0v) is 15.3. The van der Waals surface area contributed by atoms with Crippen molar-refractivity contribution in [2.75, 3.05) is 36.1 Å². The summed E-state index contributed by atoms with van der Waals surface area (Å²) in [6.07, 6.45) is 1.68. The van der Waals surface area contributed by atoms with E-state index in [2.05, 4.69) is 10.3 Å². The monoisotopic (exact) mass is 393 g/mol. The summed E-state index contributed by atoms with van der Waals surface area (Å²) < 4.78 is 49.3. The average molecular weight is 394 g/mol. The second-order valence-corrected chi connectivity index (χ2v) is 11.2. The Morgan fingerprint density at radius 3 is 2.67 bits per heavy atom. The summed E-state index contributed by atoms with van der Waals surface area (Å²) in [6.45, 7) is 0.916. The van der Waals surface area contributed by atoms with Gasteiger partial charge in [-0.25, -0.2) is 16.8 Å². The predicted molar refractivity (Wildman–Crippen MR) is 91.4 cm³/mol. The van der Waals surface area contributed by atoms with Crippen LogP contribution in [-0.2, 0) is 19.9 Å². The summed E-state index contributed by atoms with van der Waals surface area (Å²) in [5.41, 5.74) is 0.115. The summed E-state index contributed by atoms with van der Waals surface area (Å²) in [6, 6.07) is 0.876. The van der Waals surface area contributed by atoms with E-state index in [-0.39, 0.29) is 22.1 Å². The van der Waals surface area contributed by atoms with E-state index in [0.717, 1.165) is 11.5 Å². The molecule has 1 unspecified atom stereocenters. The van der Waals surface area contributed by atoms with Crippen molar-refractivity contribution in [1.29, 1.82) is 0 Å². The van der Waals surface area contributed by atoms with Gasteiger partial charge in [0.2, 0.25) is 10.0 Å². The Morgan fingerprint density at radius 1 is 1.33 bits per heavy atom. The molecular weight excluding hydrogens is 374 g/mol. The maximum absolute atomic E-state index is 12.5. The van der Waals surface area contributed by atoms with E-state index >= 15 is 0 Å². The molecule has 0 spiro atoms. The number of carbonyl (C=O) groups excluding carboxylic acids is 1. The second kappa shape index (κ2) is 6.70. The van der Waals surface area contributed by atoms with Gasteiger partial charge in [-0.1, -0.05) is 0 Å². The Labute approximate surface area is 145 Å². The van der Waals surface area contributed by atoms with E-state index in [0.29, 0.717) is 19.5 Å². The van der Waals surface area contributed by atoms with Crippen LogP contribution in [0.5, 0.6) is 0 Å². The van der Waals surface area contributed by atoms with Crippen LogP contribution < -0.4 is 5.32 Å². The lowest BCUT2D eigenvalue weighted by Crippen LogP contribution is -2.37. The number of sulfone groups is 1. The topological polar surface area (TPSA) is 116 Å². The third-order valence-corrected chi connectivity index (χ3v) is 8.66. The fraction of sp³-hybridized carbons (Fsp3) is 0.615. The number of carbonyl (C=O) groups is 1. The Balaban J connectivity index is 1.69.